The molecule has 4 nitrogen and oxygen atoms in total. The average Bonchev–Trinajstić information content (AvgIpc) is 2.49. The summed E-state index contributed by atoms with van der Waals surface area (Å²) in [5.74, 6) is 1.71. The van der Waals surface area contributed by atoms with E-state index in [1.54, 1.807) is 0 Å². The van der Waals surface area contributed by atoms with Crippen LogP contribution in [0, 0.1) is 3.57 Å². The zero-order chi connectivity index (χ0) is 15.4. The third kappa shape index (κ3) is 3.64. The highest BCUT2D eigenvalue weighted by Gasteiger charge is 2.12. The first-order chi connectivity index (χ1) is 10.1. The maximum atomic E-state index is 4.71. The van der Waals surface area contributed by atoms with Crippen molar-refractivity contribution in [3.8, 4) is 11.4 Å². The molecule has 1 heterocycles. The van der Waals surface area contributed by atoms with Crippen molar-refractivity contribution in [2.24, 2.45) is 0 Å². The fourth-order valence-electron chi connectivity index (χ4n) is 2.05. The van der Waals surface area contributed by atoms with Crippen molar-refractivity contribution >= 4 is 34.1 Å². The van der Waals surface area contributed by atoms with E-state index >= 15 is 0 Å². The Labute approximate surface area is 140 Å². The van der Waals surface area contributed by atoms with E-state index in [9.17, 15) is 0 Å². The van der Waals surface area contributed by atoms with E-state index in [2.05, 4.69) is 75.9 Å². The van der Waals surface area contributed by atoms with Crippen molar-refractivity contribution in [3.05, 3.63) is 33.5 Å². The Balaban J connectivity index is 2.45. The first-order valence-corrected chi connectivity index (χ1v) is 8.22. The molecule has 0 aliphatic carbocycles. The van der Waals surface area contributed by atoms with E-state index < -0.39 is 0 Å². The minimum Gasteiger partial charge on any atom is -0.378 e. The molecular weight excluding hydrogens is 375 g/mol. The fourth-order valence-corrected chi connectivity index (χ4v) is 2.86. The largest absolute Gasteiger partial charge is 0.378 e. The van der Waals surface area contributed by atoms with Crippen LogP contribution in [0.15, 0.2) is 24.3 Å². The lowest BCUT2D eigenvalue weighted by molar-refractivity contribution is 0.982. The van der Waals surface area contributed by atoms with Gasteiger partial charge in [-0.15, -0.1) is 0 Å². The van der Waals surface area contributed by atoms with Crippen LogP contribution in [-0.4, -0.2) is 30.6 Å². The molecule has 2 rings (SSSR count). The molecule has 0 bridgehead atoms. The standard InChI is InChI=1S/C16H21IN4/c1-5-13-14(17)16(18-6-2)20-15(19-13)11-7-9-12(10-8-11)21(3)4/h7-10H,5-6H2,1-4H3,(H,18,19,20). The Bertz CT molecular complexity index is 608. The number of halogens is 1. The van der Waals surface area contributed by atoms with Gasteiger partial charge >= 0.3 is 0 Å². The number of hydrogen-bond acceptors (Lipinski definition) is 4. The third-order valence-electron chi connectivity index (χ3n) is 3.24. The number of benzene rings is 1. The van der Waals surface area contributed by atoms with Crippen LogP contribution >= 0.6 is 22.6 Å². The molecule has 0 unspecified atom stereocenters. The molecule has 0 aliphatic rings. The normalized spacial score (nSPS) is 10.5. The lowest BCUT2D eigenvalue weighted by Gasteiger charge is -2.14. The van der Waals surface area contributed by atoms with E-state index in [1.165, 1.54) is 5.69 Å². The number of rotatable bonds is 5. The zero-order valence-corrected chi connectivity index (χ0v) is 15.1. The number of anilines is 2. The molecule has 21 heavy (non-hydrogen) atoms. The molecular formula is C16H21IN4. The number of aryl methyl sites for hydroxylation is 1. The Kier molecular flexibility index (Phi) is 5.39. The highest BCUT2D eigenvalue weighted by molar-refractivity contribution is 14.1. The van der Waals surface area contributed by atoms with Gasteiger partial charge in [0.1, 0.15) is 5.82 Å². The number of nitrogens with one attached hydrogen (secondary N) is 1. The molecule has 1 aromatic carbocycles. The van der Waals surface area contributed by atoms with Gasteiger partial charge in [0.25, 0.3) is 0 Å². The van der Waals surface area contributed by atoms with Gasteiger partial charge < -0.3 is 10.2 Å². The smallest absolute Gasteiger partial charge is 0.161 e. The van der Waals surface area contributed by atoms with Crippen LogP contribution in [0.2, 0.25) is 0 Å². The summed E-state index contributed by atoms with van der Waals surface area (Å²) in [5, 5.41) is 3.32. The van der Waals surface area contributed by atoms with Gasteiger partial charge in [0, 0.05) is 31.9 Å². The summed E-state index contributed by atoms with van der Waals surface area (Å²) in [7, 11) is 4.07. The van der Waals surface area contributed by atoms with Gasteiger partial charge in [0.2, 0.25) is 0 Å². The van der Waals surface area contributed by atoms with Gasteiger partial charge in [-0.1, -0.05) is 6.92 Å². The van der Waals surface area contributed by atoms with E-state index in [1.807, 2.05) is 14.1 Å². The molecule has 0 radical (unpaired) electrons. The average molecular weight is 396 g/mol. The second-order valence-electron chi connectivity index (χ2n) is 4.98. The Morgan fingerprint density at radius 1 is 1.10 bits per heavy atom. The first kappa shape index (κ1) is 16.0. The molecule has 1 aromatic heterocycles. The fraction of sp³-hybridized carbons (Fsp3) is 0.375. The molecule has 0 spiro atoms. The van der Waals surface area contributed by atoms with Gasteiger partial charge in [0.05, 0.1) is 9.26 Å². The summed E-state index contributed by atoms with van der Waals surface area (Å²) in [5.41, 5.74) is 3.31. The molecule has 2 aromatic rings. The molecule has 0 saturated carbocycles. The predicted octanol–water partition coefficient (Wildman–Crippen LogP) is 3.81. The van der Waals surface area contributed by atoms with Crippen LogP contribution in [0.1, 0.15) is 19.5 Å². The second kappa shape index (κ2) is 7.06. The molecule has 0 saturated heterocycles. The molecule has 5 heteroatoms. The first-order valence-electron chi connectivity index (χ1n) is 7.14. The third-order valence-corrected chi connectivity index (χ3v) is 4.37. The maximum Gasteiger partial charge on any atom is 0.161 e. The molecule has 0 atom stereocenters. The van der Waals surface area contributed by atoms with Crippen molar-refractivity contribution in [2.45, 2.75) is 20.3 Å². The lowest BCUT2D eigenvalue weighted by Crippen LogP contribution is -2.09. The summed E-state index contributed by atoms with van der Waals surface area (Å²) in [6, 6.07) is 8.34. The molecule has 0 fully saturated rings. The molecule has 0 amide bonds. The predicted molar refractivity (Wildman–Crippen MR) is 98.1 cm³/mol. The van der Waals surface area contributed by atoms with E-state index in [0.29, 0.717) is 0 Å². The van der Waals surface area contributed by atoms with E-state index in [4.69, 9.17) is 4.98 Å². The zero-order valence-electron chi connectivity index (χ0n) is 12.9. The van der Waals surface area contributed by atoms with Crippen LogP contribution < -0.4 is 10.2 Å². The number of hydrogen-bond donors (Lipinski definition) is 1. The van der Waals surface area contributed by atoms with Crippen molar-refractivity contribution < 1.29 is 0 Å². The van der Waals surface area contributed by atoms with Crippen molar-refractivity contribution in [3.63, 3.8) is 0 Å². The Hall–Kier alpha value is -1.37. The summed E-state index contributed by atoms with van der Waals surface area (Å²) >= 11 is 2.32. The SMILES string of the molecule is CCNc1nc(-c2ccc(N(C)C)cc2)nc(CC)c1I. The van der Waals surface area contributed by atoms with Gasteiger partial charge in [-0.2, -0.15) is 0 Å². The van der Waals surface area contributed by atoms with E-state index in [0.717, 1.165) is 39.4 Å². The summed E-state index contributed by atoms with van der Waals surface area (Å²) in [4.78, 5) is 11.5. The van der Waals surface area contributed by atoms with Crippen molar-refractivity contribution in [1.29, 1.82) is 0 Å². The lowest BCUT2D eigenvalue weighted by atomic mass is 10.1. The van der Waals surface area contributed by atoms with Crippen molar-refractivity contribution in [2.75, 3.05) is 30.9 Å². The topological polar surface area (TPSA) is 41.1 Å². The van der Waals surface area contributed by atoms with Crippen LogP contribution in [0.4, 0.5) is 11.5 Å². The quantitative estimate of drug-likeness (QED) is 0.781. The van der Waals surface area contributed by atoms with Crippen LogP contribution in [0.3, 0.4) is 0 Å². The number of nitrogens with zero attached hydrogens (tertiary/aromatic N) is 3. The second-order valence-corrected chi connectivity index (χ2v) is 6.06. The Morgan fingerprint density at radius 2 is 1.76 bits per heavy atom. The highest BCUT2D eigenvalue weighted by atomic mass is 127. The van der Waals surface area contributed by atoms with Gasteiger partial charge in [0.15, 0.2) is 5.82 Å². The van der Waals surface area contributed by atoms with Crippen LogP contribution in [0.25, 0.3) is 11.4 Å². The minimum atomic E-state index is 0.786. The molecule has 1 N–H and O–H groups in total. The summed E-state index contributed by atoms with van der Waals surface area (Å²) < 4.78 is 1.12. The van der Waals surface area contributed by atoms with Crippen LogP contribution in [0.5, 0.6) is 0 Å². The monoisotopic (exact) mass is 396 g/mol. The van der Waals surface area contributed by atoms with Gasteiger partial charge in [-0.05, 0) is 60.2 Å². The minimum absolute atomic E-state index is 0.786. The van der Waals surface area contributed by atoms with Crippen molar-refractivity contribution in [1.82, 2.24) is 9.97 Å². The molecule has 0 aliphatic heterocycles. The van der Waals surface area contributed by atoms with Gasteiger partial charge in [-0.25, -0.2) is 9.97 Å². The van der Waals surface area contributed by atoms with E-state index in [-0.39, 0.29) is 0 Å². The highest BCUT2D eigenvalue weighted by Crippen LogP contribution is 2.25. The Morgan fingerprint density at radius 3 is 2.29 bits per heavy atom. The van der Waals surface area contributed by atoms with Crippen LogP contribution in [-0.2, 0) is 6.42 Å². The summed E-state index contributed by atoms with van der Waals surface area (Å²) in [6.45, 7) is 5.06. The van der Waals surface area contributed by atoms with Gasteiger partial charge in [-0.3, -0.25) is 0 Å². The molecule has 112 valence electrons. The maximum absolute atomic E-state index is 4.71. The summed E-state index contributed by atoms with van der Waals surface area (Å²) in [6.07, 6.45) is 0.905. The number of aromatic nitrogens is 2.